The maximum absolute atomic E-state index is 12.6. The highest BCUT2D eigenvalue weighted by atomic mass is 35.5. The Balaban J connectivity index is 2.11. The maximum Gasteiger partial charge on any atom is 0.420 e. The van der Waals surface area contributed by atoms with Crippen molar-refractivity contribution in [2.24, 2.45) is 0 Å². The van der Waals surface area contributed by atoms with Crippen LogP contribution in [-0.2, 0) is 6.18 Å². The molecular weight excluding hydrogens is 321 g/mol. The molecule has 0 aliphatic heterocycles. The second kappa shape index (κ2) is 6.18. The highest BCUT2D eigenvalue weighted by Crippen LogP contribution is 2.33. The van der Waals surface area contributed by atoms with Crippen LogP contribution in [0.4, 0.5) is 24.8 Å². The summed E-state index contributed by atoms with van der Waals surface area (Å²) in [5.41, 5.74) is -0.703. The molecule has 0 fully saturated rings. The summed E-state index contributed by atoms with van der Waals surface area (Å²) < 4.78 is 58.6. The van der Waals surface area contributed by atoms with Gasteiger partial charge < -0.3 is 10.6 Å². The number of hydrogen-bond donors (Lipinski definition) is 2. The fourth-order valence-electron chi connectivity index (χ4n) is 1.52. The molecule has 1 amide bonds. The van der Waals surface area contributed by atoms with E-state index in [1.807, 2.05) is 5.32 Å². The largest absolute Gasteiger partial charge is 0.420 e. The summed E-state index contributed by atoms with van der Waals surface area (Å²) in [7, 11) is 0. The first kappa shape index (κ1) is 12.2. The van der Waals surface area contributed by atoms with Gasteiger partial charge in [-0.3, -0.25) is 4.79 Å². The van der Waals surface area contributed by atoms with Crippen LogP contribution in [0.25, 0.3) is 0 Å². The van der Waals surface area contributed by atoms with Crippen LogP contribution in [0.15, 0.2) is 30.5 Å². The zero-order valence-corrected chi connectivity index (χ0v) is 11.5. The maximum atomic E-state index is 12.6. The van der Waals surface area contributed by atoms with E-state index in [0.29, 0.717) is 11.9 Å². The topological polar surface area (TPSA) is 66.9 Å². The van der Waals surface area contributed by atoms with Crippen LogP contribution in [-0.4, -0.2) is 22.9 Å². The van der Waals surface area contributed by atoms with Crippen LogP contribution in [0.5, 0.6) is 0 Å². The number of amides is 1. The number of aromatic nitrogens is 2. The molecule has 0 spiro atoms. The van der Waals surface area contributed by atoms with Gasteiger partial charge in [0.2, 0.25) is 5.95 Å². The Labute approximate surface area is 132 Å². The van der Waals surface area contributed by atoms with Crippen molar-refractivity contribution in [3.63, 3.8) is 0 Å². The van der Waals surface area contributed by atoms with E-state index in [4.69, 9.17) is 15.7 Å². The normalized spacial score (nSPS) is 13.7. The van der Waals surface area contributed by atoms with Crippen molar-refractivity contribution < 1.29 is 22.1 Å². The van der Waals surface area contributed by atoms with E-state index in [2.05, 4.69) is 15.3 Å². The number of alkyl halides is 3. The third kappa shape index (κ3) is 3.64. The van der Waals surface area contributed by atoms with E-state index in [1.54, 1.807) is 0 Å². The van der Waals surface area contributed by atoms with Crippen molar-refractivity contribution in [3.8, 4) is 0 Å². The number of carbonyl (C=O) groups excluding carboxylic acids is 1. The SMILES string of the molecule is [2H]C([2H])([2H])NC(=O)c1ccc(Nc2ncc(C(F)(F)F)c(Cl)n2)cc1. The van der Waals surface area contributed by atoms with Crippen molar-refractivity contribution in [1.29, 1.82) is 0 Å². The van der Waals surface area contributed by atoms with E-state index in [9.17, 15) is 18.0 Å². The van der Waals surface area contributed by atoms with Gasteiger partial charge in [0.15, 0.2) is 0 Å². The highest BCUT2D eigenvalue weighted by molar-refractivity contribution is 6.30. The highest BCUT2D eigenvalue weighted by Gasteiger charge is 2.34. The van der Waals surface area contributed by atoms with Crippen molar-refractivity contribution in [1.82, 2.24) is 15.3 Å². The molecule has 1 heterocycles. The Morgan fingerprint density at radius 3 is 2.55 bits per heavy atom. The molecule has 5 nitrogen and oxygen atoms in total. The van der Waals surface area contributed by atoms with Gasteiger partial charge >= 0.3 is 6.18 Å². The van der Waals surface area contributed by atoms with Gasteiger partial charge in [-0.15, -0.1) is 0 Å². The lowest BCUT2D eigenvalue weighted by Crippen LogP contribution is -2.17. The first-order valence-corrected chi connectivity index (χ1v) is 6.13. The van der Waals surface area contributed by atoms with Gasteiger partial charge in [-0.25, -0.2) is 9.97 Å². The molecule has 1 aromatic carbocycles. The molecule has 0 saturated heterocycles. The number of nitrogens with one attached hydrogen (secondary N) is 2. The molecule has 22 heavy (non-hydrogen) atoms. The lowest BCUT2D eigenvalue weighted by molar-refractivity contribution is -0.137. The van der Waals surface area contributed by atoms with Crippen LogP contribution in [0.2, 0.25) is 5.15 Å². The fourth-order valence-corrected chi connectivity index (χ4v) is 1.75. The molecule has 0 aliphatic rings. The van der Waals surface area contributed by atoms with Crippen LogP contribution >= 0.6 is 11.6 Å². The van der Waals surface area contributed by atoms with Crippen molar-refractivity contribution in [2.75, 3.05) is 12.3 Å². The quantitative estimate of drug-likeness (QED) is 0.846. The van der Waals surface area contributed by atoms with Gasteiger partial charge in [-0.2, -0.15) is 13.2 Å². The number of anilines is 2. The number of benzene rings is 1. The second-order valence-corrected chi connectivity index (χ2v) is 4.41. The van der Waals surface area contributed by atoms with E-state index in [-0.39, 0.29) is 11.5 Å². The number of carbonyl (C=O) groups is 1. The lowest BCUT2D eigenvalue weighted by atomic mass is 10.2. The van der Waals surface area contributed by atoms with Crippen molar-refractivity contribution in [3.05, 3.63) is 46.7 Å². The van der Waals surface area contributed by atoms with Gasteiger partial charge in [-0.1, -0.05) is 11.6 Å². The third-order valence-corrected chi connectivity index (χ3v) is 2.85. The Bertz CT molecular complexity index is 782. The summed E-state index contributed by atoms with van der Waals surface area (Å²) >= 11 is 5.49. The molecular formula is C13H10ClF3N4O. The zero-order chi connectivity index (χ0) is 18.8. The fraction of sp³-hybridized carbons (Fsp3) is 0.154. The van der Waals surface area contributed by atoms with Crippen molar-refractivity contribution in [2.45, 2.75) is 6.18 Å². The molecule has 0 atom stereocenters. The molecule has 0 aliphatic carbocycles. The second-order valence-electron chi connectivity index (χ2n) is 4.05. The molecule has 9 heteroatoms. The number of nitrogens with zero attached hydrogens (tertiary/aromatic N) is 2. The van der Waals surface area contributed by atoms with E-state index < -0.39 is 29.8 Å². The van der Waals surface area contributed by atoms with E-state index >= 15 is 0 Å². The molecule has 1 aromatic heterocycles. The van der Waals surface area contributed by atoms with Crippen LogP contribution in [0.1, 0.15) is 20.0 Å². The van der Waals surface area contributed by atoms with Crippen molar-refractivity contribution >= 4 is 29.1 Å². The summed E-state index contributed by atoms with van der Waals surface area (Å²) in [6.45, 7) is -2.61. The summed E-state index contributed by atoms with van der Waals surface area (Å²) in [5.74, 6) is -0.960. The molecule has 0 saturated carbocycles. The smallest absolute Gasteiger partial charge is 0.355 e. The summed E-state index contributed by atoms with van der Waals surface area (Å²) in [6.07, 6.45) is -4.11. The van der Waals surface area contributed by atoms with Gasteiger partial charge in [0.25, 0.3) is 5.91 Å². The molecule has 0 unspecified atom stereocenters. The van der Waals surface area contributed by atoms with Crippen LogP contribution < -0.4 is 10.6 Å². The van der Waals surface area contributed by atoms with Crippen LogP contribution in [0.3, 0.4) is 0 Å². The first-order valence-electron chi connectivity index (χ1n) is 7.25. The van der Waals surface area contributed by atoms with E-state index in [0.717, 1.165) is 0 Å². The Kier molecular flexibility index (Phi) is 3.44. The van der Waals surface area contributed by atoms with E-state index in [1.165, 1.54) is 24.3 Å². The summed E-state index contributed by atoms with van der Waals surface area (Å²) in [6, 6.07) is 5.47. The molecule has 2 aromatic rings. The molecule has 116 valence electrons. The Morgan fingerprint density at radius 2 is 2.00 bits per heavy atom. The summed E-state index contributed by atoms with van der Waals surface area (Å²) in [4.78, 5) is 18.7. The van der Waals surface area contributed by atoms with Gasteiger partial charge in [0.05, 0.1) is 0 Å². The average molecular weight is 334 g/mol. The predicted molar refractivity (Wildman–Crippen MR) is 75.2 cm³/mol. The number of rotatable bonds is 3. The van der Waals surface area contributed by atoms with Gasteiger partial charge in [0.1, 0.15) is 10.7 Å². The standard InChI is InChI=1S/C13H10ClF3N4O/c1-18-11(22)7-2-4-8(5-3-7)20-12-19-6-9(10(14)21-12)13(15,16)17/h2-6H,1H3,(H,18,22)(H,19,20,21)/i1D3. The number of hydrogen-bond acceptors (Lipinski definition) is 4. The molecule has 0 bridgehead atoms. The summed E-state index contributed by atoms with van der Waals surface area (Å²) in [5, 5.41) is 3.69. The lowest BCUT2D eigenvalue weighted by Gasteiger charge is -2.10. The predicted octanol–water partition coefficient (Wildman–Crippen LogP) is 3.25. The van der Waals surface area contributed by atoms with Gasteiger partial charge in [-0.05, 0) is 24.3 Å². The number of halogens is 4. The van der Waals surface area contributed by atoms with Crippen LogP contribution in [0, 0.1) is 0 Å². The Hall–Kier alpha value is -2.35. The minimum absolute atomic E-state index is 0.0908. The minimum atomic E-state index is -4.66. The average Bonchev–Trinajstić information content (AvgIpc) is 2.44. The van der Waals surface area contributed by atoms with Gasteiger partial charge in [0, 0.05) is 28.5 Å². The zero-order valence-electron chi connectivity index (χ0n) is 13.7. The third-order valence-electron chi connectivity index (χ3n) is 2.56. The monoisotopic (exact) mass is 333 g/mol. The Morgan fingerprint density at radius 1 is 1.32 bits per heavy atom. The molecule has 0 radical (unpaired) electrons. The minimum Gasteiger partial charge on any atom is -0.355 e. The molecule has 2 rings (SSSR count). The first-order chi connectivity index (χ1) is 11.5. The molecule has 2 N–H and O–H groups in total.